The number of aryl methyl sites for hydroxylation is 2. The fraction of sp³-hybridized carbons (Fsp3) is 0.375. The summed E-state index contributed by atoms with van der Waals surface area (Å²) in [6.45, 7) is 4.55. The van der Waals surface area contributed by atoms with Crippen molar-refractivity contribution in [3.63, 3.8) is 0 Å². The summed E-state index contributed by atoms with van der Waals surface area (Å²) in [5.74, 6) is 1.38. The van der Waals surface area contributed by atoms with Crippen molar-refractivity contribution in [1.82, 2.24) is 4.98 Å². The number of nitriles is 1. The highest BCUT2D eigenvalue weighted by Gasteiger charge is 2.29. The van der Waals surface area contributed by atoms with Crippen LogP contribution < -0.4 is 4.74 Å². The second kappa shape index (κ2) is 5.26. The first-order valence-electron chi connectivity index (χ1n) is 6.76. The first-order valence-corrected chi connectivity index (χ1v) is 7.58. The molecule has 3 nitrogen and oxygen atoms in total. The summed E-state index contributed by atoms with van der Waals surface area (Å²) in [6, 6.07) is 8.42. The number of hydrogen-bond acceptors (Lipinski definition) is 4. The van der Waals surface area contributed by atoms with Crippen molar-refractivity contribution in [3.05, 3.63) is 44.9 Å². The van der Waals surface area contributed by atoms with Crippen LogP contribution in [0.3, 0.4) is 0 Å². The third-order valence-electron chi connectivity index (χ3n) is 3.32. The largest absolute Gasteiger partial charge is 0.486 e. The maximum Gasteiger partial charge on any atom is 0.140 e. The normalized spacial score (nSPS) is 14.1. The van der Waals surface area contributed by atoms with Gasteiger partial charge in [0.15, 0.2) is 0 Å². The molecule has 0 aliphatic heterocycles. The maximum atomic E-state index is 9.15. The Kier molecular flexibility index (Phi) is 3.45. The van der Waals surface area contributed by atoms with Gasteiger partial charge in [0.2, 0.25) is 0 Å². The van der Waals surface area contributed by atoms with Crippen molar-refractivity contribution in [1.29, 1.82) is 5.26 Å². The van der Waals surface area contributed by atoms with Crippen LogP contribution in [0, 0.1) is 25.2 Å². The monoisotopic (exact) mass is 284 g/mol. The highest BCUT2D eigenvalue weighted by atomic mass is 32.1. The Bertz CT molecular complexity index is 660. The van der Waals surface area contributed by atoms with Crippen LogP contribution in [0.25, 0.3) is 0 Å². The van der Waals surface area contributed by atoms with Crippen molar-refractivity contribution >= 4 is 11.3 Å². The molecular weight excluding hydrogens is 268 g/mol. The van der Waals surface area contributed by atoms with Gasteiger partial charge >= 0.3 is 0 Å². The molecular formula is C16H16N2OS. The summed E-state index contributed by atoms with van der Waals surface area (Å²) in [5.41, 5.74) is 3.36. The Balaban J connectivity index is 1.73. The smallest absolute Gasteiger partial charge is 0.140 e. The number of aromatic nitrogens is 1. The van der Waals surface area contributed by atoms with Crippen LogP contribution >= 0.6 is 11.3 Å². The molecule has 0 N–H and O–H groups in total. The molecule has 0 atom stereocenters. The van der Waals surface area contributed by atoms with E-state index in [4.69, 9.17) is 10.00 Å². The second-order valence-corrected chi connectivity index (χ2v) is 6.40. The van der Waals surface area contributed by atoms with Gasteiger partial charge in [-0.25, -0.2) is 4.98 Å². The van der Waals surface area contributed by atoms with E-state index in [2.05, 4.69) is 31.0 Å². The third kappa shape index (κ3) is 2.83. The molecule has 1 aromatic carbocycles. The Morgan fingerprint density at radius 1 is 1.30 bits per heavy atom. The van der Waals surface area contributed by atoms with Gasteiger partial charge in [-0.3, -0.25) is 0 Å². The van der Waals surface area contributed by atoms with Crippen LogP contribution in [0.4, 0.5) is 0 Å². The number of benzene rings is 1. The number of rotatable bonds is 4. The molecule has 0 bridgehead atoms. The van der Waals surface area contributed by atoms with Crippen LogP contribution in [0.5, 0.6) is 5.75 Å². The third-order valence-corrected chi connectivity index (χ3v) is 4.27. The van der Waals surface area contributed by atoms with Crippen molar-refractivity contribution in [3.8, 4) is 11.8 Å². The molecule has 1 saturated carbocycles. The zero-order valence-electron chi connectivity index (χ0n) is 11.6. The predicted octanol–water partition coefficient (Wildman–Crippen LogP) is 4.09. The molecule has 102 valence electrons. The zero-order valence-corrected chi connectivity index (χ0v) is 12.5. The lowest BCUT2D eigenvalue weighted by Crippen LogP contribution is -1.96. The highest BCUT2D eigenvalue weighted by Crippen LogP contribution is 2.42. The van der Waals surface area contributed by atoms with Crippen LogP contribution in [-0.4, -0.2) is 4.98 Å². The lowest BCUT2D eigenvalue weighted by molar-refractivity contribution is 0.305. The Morgan fingerprint density at radius 2 is 2.00 bits per heavy atom. The molecule has 1 fully saturated rings. The minimum atomic E-state index is 0.439. The predicted molar refractivity (Wildman–Crippen MR) is 79.1 cm³/mol. The van der Waals surface area contributed by atoms with Gasteiger partial charge in [-0.2, -0.15) is 5.26 Å². The van der Waals surface area contributed by atoms with E-state index in [0.717, 1.165) is 34.2 Å². The van der Waals surface area contributed by atoms with Gasteiger partial charge in [-0.15, -0.1) is 11.3 Å². The second-order valence-electron chi connectivity index (χ2n) is 5.32. The average Bonchev–Trinajstić information content (AvgIpc) is 3.16. The Labute approximate surface area is 122 Å². The molecule has 0 unspecified atom stereocenters. The Morgan fingerprint density at radius 3 is 2.60 bits per heavy atom. The molecule has 3 rings (SSSR count). The summed E-state index contributed by atoms with van der Waals surface area (Å²) in [6.07, 6.45) is 2.32. The molecule has 1 aliphatic carbocycles. The standard InChI is InChI=1S/C16H16N2OS/c1-10-5-11(2)7-13(6-10)19-9-15-18-16(12-3-4-12)14(8-17)20-15/h5-7,12H,3-4,9H2,1-2H3. The van der Waals surface area contributed by atoms with Crippen LogP contribution in [0.2, 0.25) is 0 Å². The van der Waals surface area contributed by atoms with Gasteiger partial charge in [-0.05, 0) is 49.9 Å². The fourth-order valence-corrected chi connectivity index (χ4v) is 3.17. The Hall–Kier alpha value is -1.86. The topological polar surface area (TPSA) is 45.9 Å². The number of hydrogen-bond donors (Lipinski definition) is 0. The quantitative estimate of drug-likeness (QED) is 0.849. The van der Waals surface area contributed by atoms with E-state index in [1.165, 1.54) is 22.5 Å². The molecule has 20 heavy (non-hydrogen) atoms. The minimum absolute atomic E-state index is 0.439. The molecule has 1 aliphatic rings. The SMILES string of the molecule is Cc1cc(C)cc(OCc2nc(C3CC3)c(C#N)s2)c1. The van der Waals surface area contributed by atoms with Crippen LogP contribution in [-0.2, 0) is 6.61 Å². The molecule has 0 radical (unpaired) electrons. The van der Waals surface area contributed by atoms with E-state index < -0.39 is 0 Å². The van der Waals surface area contributed by atoms with Gasteiger partial charge in [0, 0.05) is 5.92 Å². The van der Waals surface area contributed by atoms with Crippen molar-refractivity contribution in [2.75, 3.05) is 0 Å². The van der Waals surface area contributed by atoms with Gasteiger partial charge < -0.3 is 4.74 Å². The average molecular weight is 284 g/mol. The summed E-state index contributed by atoms with van der Waals surface area (Å²) >= 11 is 1.46. The first-order chi connectivity index (χ1) is 9.65. The van der Waals surface area contributed by atoms with Crippen molar-refractivity contribution in [2.24, 2.45) is 0 Å². The van der Waals surface area contributed by atoms with E-state index in [9.17, 15) is 0 Å². The van der Waals surface area contributed by atoms with Gasteiger partial charge in [0.05, 0.1) is 5.69 Å². The fourth-order valence-electron chi connectivity index (χ4n) is 2.31. The minimum Gasteiger partial charge on any atom is -0.486 e. The van der Waals surface area contributed by atoms with Gasteiger partial charge in [0.25, 0.3) is 0 Å². The lowest BCUT2D eigenvalue weighted by atomic mass is 10.1. The van der Waals surface area contributed by atoms with E-state index in [1.807, 2.05) is 12.1 Å². The maximum absolute atomic E-state index is 9.15. The number of nitrogens with zero attached hydrogens (tertiary/aromatic N) is 2. The van der Waals surface area contributed by atoms with Crippen molar-refractivity contribution < 1.29 is 4.74 Å². The lowest BCUT2D eigenvalue weighted by Gasteiger charge is -2.06. The summed E-state index contributed by atoms with van der Waals surface area (Å²) in [7, 11) is 0. The first kappa shape index (κ1) is 13.1. The molecule has 0 amide bonds. The molecule has 0 spiro atoms. The summed E-state index contributed by atoms with van der Waals surface area (Å²) < 4.78 is 5.81. The van der Waals surface area contributed by atoms with Crippen LogP contribution in [0.15, 0.2) is 18.2 Å². The number of ether oxygens (including phenoxy) is 1. The molecule has 2 aromatic rings. The summed E-state index contributed by atoms with van der Waals surface area (Å²) in [5, 5.41) is 10.0. The summed E-state index contributed by atoms with van der Waals surface area (Å²) in [4.78, 5) is 5.33. The molecule has 1 aromatic heterocycles. The highest BCUT2D eigenvalue weighted by molar-refractivity contribution is 7.12. The van der Waals surface area contributed by atoms with E-state index in [0.29, 0.717) is 12.5 Å². The van der Waals surface area contributed by atoms with E-state index in [1.54, 1.807) is 0 Å². The van der Waals surface area contributed by atoms with Crippen LogP contribution in [0.1, 0.15) is 45.5 Å². The van der Waals surface area contributed by atoms with Crippen molar-refractivity contribution in [2.45, 2.75) is 39.2 Å². The molecule has 0 saturated heterocycles. The van der Waals surface area contributed by atoms with Gasteiger partial charge in [0.1, 0.15) is 28.3 Å². The zero-order chi connectivity index (χ0) is 14.1. The van der Waals surface area contributed by atoms with E-state index in [-0.39, 0.29) is 0 Å². The molecule has 4 heteroatoms. The number of thiazole rings is 1. The van der Waals surface area contributed by atoms with E-state index >= 15 is 0 Å². The van der Waals surface area contributed by atoms with Gasteiger partial charge in [-0.1, -0.05) is 6.07 Å². The molecule has 1 heterocycles.